The molecule has 148 valence electrons. The molecular formula is C25H34F2. The smallest absolute Gasteiger partial charge is 0.159 e. The van der Waals surface area contributed by atoms with E-state index in [1.54, 1.807) is 6.07 Å². The molecule has 2 aliphatic carbocycles. The van der Waals surface area contributed by atoms with Crippen LogP contribution in [0.15, 0.2) is 43.0 Å². The summed E-state index contributed by atoms with van der Waals surface area (Å²) in [6.07, 6.45) is 17.8. The summed E-state index contributed by atoms with van der Waals surface area (Å²) in [7, 11) is 0. The van der Waals surface area contributed by atoms with Gasteiger partial charge in [-0.3, -0.25) is 0 Å². The van der Waals surface area contributed by atoms with Crippen LogP contribution in [0.25, 0.3) is 0 Å². The molecule has 1 aromatic carbocycles. The van der Waals surface area contributed by atoms with Crippen molar-refractivity contribution < 1.29 is 8.78 Å². The third-order valence-electron chi connectivity index (χ3n) is 7.13. The zero-order valence-corrected chi connectivity index (χ0v) is 16.7. The molecule has 2 fully saturated rings. The number of benzene rings is 1. The maximum absolute atomic E-state index is 13.7. The Morgan fingerprint density at radius 3 is 2.15 bits per heavy atom. The quantitative estimate of drug-likeness (QED) is 0.447. The topological polar surface area (TPSA) is 0 Å². The maximum atomic E-state index is 13.7. The van der Waals surface area contributed by atoms with Crippen LogP contribution in [0.4, 0.5) is 8.78 Å². The summed E-state index contributed by atoms with van der Waals surface area (Å²) < 4.78 is 27.1. The first-order chi connectivity index (χ1) is 13.1. The van der Waals surface area contributed by atoms with Crippen LogP contribution in [-0.2, 0) is 0 Å². The van der Waals surface area contributed by atoms with Crippen LogP contribution in [-0.4, -0.2) is 0 Å². The van der Waals surface area contributed by atoms with Gasteiger partial charge in [-0.25, -0.2) is 8.78 Å². The minimum Gasteiger partial charge on any atom is -0.204 e. The fourth-order valence-corrected chi connectivity index (χ4v) is 5.62. The standard InChI is InChI=1S/C25H34F2/c1-3-5-18-7-9-19(10-8-18)20-11-13-21(14-12-20)23(6-4-2)22-15-16-24(26)25(27)17-22/h3-5,15-21,23H,2,6-14H2,1H3/b5-3+. The average molecular weight is 373 g/mol. The molecule has 0 amide bonds. The van der Waals surface area contributed by atoms with Crippen molar-refractivity contribution in [1.29, 1.82) is 0 Å². The highest BCUT2D eigenvalue weighted by Gasteiger charge is 2.33. The molecule has 3 rings (SSSR count). The second kappa shape index (κ2) is 9.66. The lowest BCUT2D eigenvalue weighted by molar-refractivity contribution is 0.146. The van der Waals surface area contributed by atoms with Gasteiger partial charge in [-0.05, 0) is 112 Å². The molecular weight excluding hydrogens is 338 g/mol. The maximum Gasteiger partial charge on any atom is 0.159 e. The van der Waals surface area contributed by atoms with E-state index in [0.29, 0.717) is 5.92 Å². The van der Waals surface area contributed by atoms with Crippen molar-refractivity contribution in [2.24, 2.45) is 23.7 Å². The molecule has 0 aromatic heterocycles. The molecule has 27 heavy (non-hydrogen) atoms. The third kappa shape index (κ3) is 5.09. The minimum atomic E-state index is -0.756. The van der Waals surface area contributed by atoms with Gasteiger partial charge < -0.3 is 0 Å². The molecule has 0 bridgehead atoms. The normalized spacial score (nSPS) is 30.3. The molecule has 0 N–H and O–H groups in total. The Kier molecular flexibility index (Phi) is 7.26. The monoisotopic (exact) mass is 372 g/mol. The number of halogens is 2. The second-order valence-electron chi connectivity index (χ2n) is 8.68. The Morgan fingerprint density at radius 1 is 0.963 bits per heavy atom. The van der Waals surface area contributed by atoms with E-state index in [1.807, 2.05) is 6.08 Å². The van der Waals surface area contributed by atoms with Gasteiger partial charge in [0, 0.05) is 0 Å². The van der Waals surface area contributed by atoms with E-state index < -0.39 is 11.6 Å². The lowest BCUT2D eigenvalue weighted by atomic mass is 9.66. The molecule has 0 aliphatic heterocycles. The summed E-state index contributed by atoms with van der Waals surface area (Å²) in [5, 5.41) is 0. The Labute approximate surface area is 163 Å². The van der Waals surface area contributed by atoms with Crippen molar-refractivity contribution in [3.63, 3.8) is 0 Å². The first-order valence-electron chi connectivity index (χ1n) is 10.8. The summed E-state index contributed by atoms with van der Waals surface area (Å²) in [5.74, 6) is 1.90. The van der Waals surface area contributed by atoms with Crippen LogP contribution in [0.5, 0.6) is 0 Å². The minimum absolute atomic E-state index is 0.268. The summed E-state index contributed by atoms with van der Waals surface area (Å²) in [6, 6.07) is 4.44. The van der Waals surface area contributed by atoms with Crippen LogP contribution in [0.1, 0.15) is 76.2 Å². The highest BCUT2D eigenvalue weighted by atomic mass is 19.2. The van der Waals surface area contributed by atoms with Gasteiger partial charge in [0.05, 0.1) is 0 Å². The van der Waals surface area contributed by atoms with E-state index >= 15 is 0 Å². The van der Waals surface area contributed by atoms with Crippen LogP contribution in [0.3, 0.4) is 0 Å². The molecule has 0 heterocycles. The molecule has 1 aromatic rings. The Balaban J connectivity index is 1.58. The summed E-state index contributed by atoms with van der Waals surface area (Å²) >= 11 is 0. The van der Waals surface area contributed by atoms with Gasteiger partial charge in [-0.1, -0.05) is 24.3 Å². The number of allylic oxidation sites excluding steroid dienone is 3. The molecule has 1 atom stereocenters. The molecule has 0 radical (unpaired) electrons. The predicted octanol–water partition coefficient (Wildman–Crippen LogP) is 7.81. The van der Waals surface area contributed by atoms with Crippen molar-refractivity contribution >= 4 is 0 Å². The third-order valence-corrected chi connectivity index (χ3v) is 7.13. The van der Waals surface area contributed by atoms with Crippen LogP contribution < -0.4 is 0 Å². The van der Waals surface area contributed by atoms with Gasteiger partial charge in [0.15, 0.2) is 11.6 Å². The SMILES string of the molecule is C=CCC(c1ccc(F)c(F)c1)C1CCC(C2CCC(/C=C/C)CC2)CC1. The van der Waals surface area contributed by atoms with Crippen molar-refractivity contribution in [2.75, 3.05) is 0 Å². The Morgan fingerprint density at radius 2 is 1.59 bits per heavy atom. The Hall–Kier alpha value is -1.44. The van der Waals surface area contributed by atoms with E-state index in [1.165, 1.54) is 63.5 Å². The van der Waals surface area contributed by atoms with Crippen molar-refractivity contribution in [2.45, 2.75) is 70.6 Å². The first-order valence-corrected chi connectivity index (χ1v) is 10.8. The number of hydrogen-bond acceptors (Lipinski definition) is 0. The van der Waals surface area contributed by atoms with Crippen LogP contribution in [0.2, 0.25) is 0 Å². The van der Waals surface area contributed by atoms with Gasteiger partial charge in [-0.2, -0.15) is 0 Å². The van der Waals surface area contributed by atoms with E-state index in [4.69, 9.17) is 0 Å². The average Bonchev–Trinajstić information content (AvgIpc) is 2.69. The zero-order chi connectivity index (χ0) is 19.2. The van der Waals surface area contributed by atoms with Gasteiger partial charge >= 0.3 is 0 Å². The van der Waals surface area contributed by atoms with E-state index in [0.717, 1.165) is 29.7 Å². The van der Waals surface area contributed by atoms with Crippen molar-refractivity contribution in [3.8, 4) is 0 Å². The molecule has 2 aliphatic rings. The van der Waals surface area contributed by atoms with E-state index in [9.17, 15) is 8.78 Å². The van der Waals surface area contributed by atoms with E-state index in [2.05, 4.69) is 25.7 Å². The molecule has 2 heteroatoms. The predicted molar refractivity (Wildman–Crippen MR) is 110 cm³/mol. The van der Waals surface area contributed by atoms with E-state index in [-0.39, 0.29) is 5.92 Å². The molecule has 0 spiro atoms. The summed E-state index contributed by atoms with van der Waals surface area (Å²) in [4.78, 5) is 0. The lowest BCUT2D eigenvalue weighted by Gasteiger charge is -2.39. The largest absolute Gasteiger partial charge is 0.204 e. The van der Waals surface area contributed by atoms with Crippen molar-refractivity contribution in [3.05, 3.63) is 60.2 Å². The molecule has 1 unspecified atom stereocenters. The summed E-state index contributed by atoms with van der Waals surface area (Å²) in [5.41, 5.74) is 0.934. The van der Waals surface area contributed by atoms with Gasteiger partial charge in [0.25, 0.3) is 0 Å². The fraction of sp³-hybridized carbons (Fsp3) is 0.600. The fourth-order valence-electron chi connectivity index (χ4n) is 5.62. The Bertz CT molecular complexity index is 632. The highest BCUT2D eigenvalue weighted by Crippen LogP contribution is 2.45. The lowest BCUT2D eigenvalue weighted by Crippen LogP contribution is -2.27. The number of rotatable bonds is 6. The van der Waals surface area contributed by atoms with Crippen LogP contribution >= 0.6 is 0 Å². The van der Waals surface area contributed by atoms with Gasteiger partial charge in [-0.15, -0.1) is 6.58 Å². The number of hydrogen-bond donors (Lipinski definition) is 0. The molecule has 0 nitrogen and oxygen atoms in total. The molecule has 2 saturated carbocycles. The van der Waals surface area contributed by atoms with Crippen LogP contribution in [0, 0.1) is 35.3 Å². The van der Waals surface area contributed by atoms with Gasteiger partial charge in [0.2, 0.25) is 0 Å². The van der Waals surface area contributed by atoms with Gasteiger partial charge in [0.1, 0.15) is 0 Å². The zero-order valence-electron chi connectivity index (χ0n) is 16.7. The second-order valence-corrected chi connectivity index (χ2v) is 8.68. The summed E-state index contributed by atoms with van der Waals surface area (Å²) in [6.45, 7) is 6.02. The highest BCUT2D eigenvalue weighted by molar-refractivity contribution is 5.23. The molecule has 0 saturated heterocycles. The van der Waals surface area contributed by atoms with Crippen molar-refractivity contribution in [1.82, 2.24) is 0 Å². The first kappa shape index (κ1) is 20.3.